The molecule has 1 unspecified atom stereocenters. The van der Waals surface area contributed by atoms with Crippen LogP contribution in [0.5, 0.6) is 0 Å². The summed E-state index contributed by atoms with van der Waals surface area (Å²) in [7, 11) is 0. The van der Waals surface area contributed by atoms with Crippen LogP contribution in [-0.4, -0.2) is 5.26 Å². The first-order valence-electron chi connectivity index (χ1n) is 6.58. The second kappa shape index (κ2) is 7.39. The standard InChI is InChI=1S/C11H13Si.C5H5.2ClH.Hf/c1-12(2)11-8-7-9-5-3-4-6-10(9)11;1-2-4-5-3-1;;;/h3-8,11H,1-2H3;1-3H,4H2;2*1H;/q;;;;+2/p-2. The monoisotopic (exact) mass is 488 g/mol. The van der Waals surface area contributed by atoms with Gasteiger partial charge in [0.1, 0.15) is 0 Å². The van der Waals surface area contributed by atoms with E-state index in [4.69, 9.17) is 0 Å². The van der Waals surface area contributed by atoms with E-state index < -0.39 is 27.3 Å². The van der Waals surface area contributed by atoms with Gasteiger partial charge < -0.3 is 24.8 Å². The van der Waals surface area contributed by atoms with Gasteiger partial charge in [-0.05, 0) is 0 Å². The molecule has 1 aromatic rings. The minimum atomic E-state index is -1.09. The average Bonchev–Trinajstić information content (AvgIpc) is 2.96. The third-order valence-corrected chi connectivity index (χ3v) is 21.9. The van der Waals surface area contributed by atoms with Crippen LogP contribution in [0.25, 0.3) is 6.08 Å². The fourth-order valence-corrected chi connectivity index (χ4v) is 21.8. The average molecular weight is 488 g/mol. The van der Waals surface area contributed by atoms with Crippen molar-refractivity contribution in [3.63, 3.8) is 0 Å². The van der Waals surface area contributed by atoms with Crippen molar-refractivity contribution in [3.05, 3.63) is 63.0 Å². The Morgan fingerprint density at radius 2 is 1.90 bits per heavy atom. The Morgan fingerprint density at radius 1 is 1.15 bits per heavy atom. The van der Waals surface area contributed by atoms with Crippen LogP contribution < -0.4 is 24.8 Å². The van der Waals surface area contributed by atoms with Gasteiger partial charge in [-0.15, -0.1) is 0 Å². The quantitative estimate of drug-likeness (QED) is 0.454. The van der Waals surface area contributed by atoms with Crippen molar-refractivity contribution in [2.75, 3.05) is 0 Å². The normalized spacial score (nSPS) is 18.7. The molecule has 0 fully saturated rings. The molecule has 2 aliphatic carbocycles. The Labute approximate surface area is 145 Å². The van der Waals surface area contributed by atoms with E-state index in [-0.39, 0.29) is 24.8 Å². The number of rotatable bonds is 3. The molecular weight excluding hydrogens is 470 g/mol. The molecule has 104 valence electrons. The molecule has 1 atom stereocenters. The maximum Gasteiger partial charge on any atom is -1.00 e. The summed E-state index contributed by atoms with van der Waals surface area (Å²) in [5, 5.41) is -1.09. The molecule has 0 spiro atoms. The van der Waals surface area contributed by atoms with Crippen LogP contribution in [0.4, 0.5) is 0 Å². The number of benzene rings is 1. The number of fused-ring (bicyclic) bond motifs is 1. The van der Waals surface area contributed by atoms with E-state index in [0.29, 0.717) is 0 Å². The molecule has 20 heavy (non-hydrogen) atoms. The van der Waals surface area contributed by atoms with Crippen LogP contribution in [0, 0.1) is 0 Å². The number of allylic oxidation sites excluding steroid dienone is 5. The smallest absolute Gasteiger partial charge is 1.00 e. The molecule has 3 rings (SSSR count). The van der Waals surface area contributed by atoms with Gasteiger partial charge in [-0.2, -0.15) is 0 Å². The van der Waals surface area contributed by atoms with Gasteiger partial charge in [-0.3, -0.25) is 0 Å². The molecule has 0 saturated heterocycles. The molecule has 0 aromatic heterocycles. The van der Waals surface area contributed by atoms with E-state index in [1.54, 1.807) is 5.56 Å². The Kier molecular flexibility index (Phi) is 6.71. The van der Waals surface area contributed by atoms with E-state index in [1.807, 2.05) is 3.33 Å². The van der Waals surface area contributed by atoms with Gasteiger partial charge in [0, 0.05) is 0 Å². The molecule has 0 saturated carbocycles. The number of hydrogen-bond acceptors (Lipinski definition) is 0. The summed E-state index contributed by atoms with van der Waals surface area (Å²) in [6, 6.07) is 8.97. The molecule has 4 heteroatoms. The van der Waals surface area contributed by atoms with Gasteiger partial charge in [0.05, 0.1) is 0 Å². The molecule has 0 bridgehead atoms. The van der Waals surface area contributed by atoms with Gasteiger partial charge in [-0.1, -0.05) is 0 Å². The predicted molar refractivity (Wildman–Crippen MR) is 77.5 cm³/mol. The topological polar surface area (TPSA) is 0 Å². The van der Waals surface area contributed by atoms with Crippen molar-refractivity contribution in [3.8, 4) is 0 Å². The third kappa shape index (κ3) is 3.65. The summed E-state index contributed by atoms with van der Waals surface area (Å²) < 4.78 is 1.82. The zero-order chi connectivity index (χ0) is 12.6. The second-order valence-corrected chi connectivity index (χ2v) is 28.8. The molecule has 0 aliphatic heterocycles. The van der Waals surface area contributed by atoms with Crippen LogP contribution in [-0.2, 0) is 22.1 Å². The fraction of sp³-hybridized carbons (Fsp3) is 0.250. The number of halogens is 2. The molecule has 0 radical (unpaired) electrons. The van der Waals surface area contributed by atoms with E-state index in [1.165, 1.54) is 12.0 Å². The second-order valence-electron chi connectivity index (χ2n) is 5.64. The van der Waals surface area contributed by atoms with Crippen molar-refractivity contribution in [1.29, 1.82) is 0 Å². The van der Waals surface area contributed by atoms with Crippen LogP contribution >= 0.6 is 0 Å². The summed E-state index contributed by atoms with van der Waals surface area (Å²) >= 11 is -0.623. The number of hydrogen-bond donors (Lipinski definition) is 0. The van der Waals surface area contributed by atoms with Crippen molar-refractivity contribution < 1.29 is 46.9 Å². The largest absolute Gasteiger partial charge is 1.00 e. The SMILES string of the molecule is C[Si](C)([Hf+2][C]1=CC=CC1)C1C=Cc2ccccc21.[Cl-].[Cl-]. The summed E-state index contributed by atoms with van der Waals surface area (Å²) in [4.78, 5) is 0. The van der Waals surface area contributed by atoms with Crippen LogP contribution in [0.3, 0.4) is 0 Å². The van der Waals surface area contributed by atoms with E-state index in [9.17, 15) is 0 Å². The summed E-state index contributed by atoms with van der Waals surface area (Å²) in [6.07, 6.45) is 13.1. The van der Waals surface area contributed by atoms with Gasteiger partial charge in [0.2, 0.25) is 0 Å². The summed E-state index contributed by atoms with van der Waals surface area (Å²) in [5.41, 5.74) is 3.84. The van der Waals surface area contributed by atoms with Gasteiger partial charge in [-0.25, -0.2) is 0 Å². The van der Waals surface area contributed by atoms with E-state index >= 15 is 0 Å². The minimum absolute atomic E-state index is 0. The zero-order valence-corrected chi connectivity index (χ0v) is 17.8. The Morgan fingerprint density at radius 3 is 2.60 bits per heavy atom. The molecule has 1 aromatic carbocycles. The first-order chi connectivity index (χ1) is 8.67. The first kappa shape index (κ1) is 18.2. The predicted octanol–water partition coefficient (Wildman–Crippen LogP) is -1.52. The van der Waals surface area contributed by atoms with E-state index in [2.05, 4.69) is 67.7 Å². The molecule has 0 heterocycles. The van der Waals surface area contributed by atoms with Crippen LogP contribution in [0.2, 0.25) is 13.1 Å². The van der Waals surface area contributed by atoms with Gasteiger partial charge in [0.25, 0.3) is 0 Å². The Bertz CT molecular complexity index is 561. The maximum absolute atomic E-state index is 2.62. The maximum atomic E-state index is 2.62. The Balaban J connectivity index is 0.000001000. The molecule has 0 N–H and O–H groups in total. The van der Waals surface area contributed by atoms with Crippen LogP contribution in [0.1, 0.15) is 23.1 Å². The fourth-order valence-electron chi connectivity index (χ4n) is 2.91. The minimum Gasteiger partial charge on any atom is -1.00 e. The summed E-state index contributed by atoms with van der Waals surface area (Å²) in [5.74, 6) is 0. The summed E-state index contributed by atoms with van der Waals surface area (Å²) in [6.45, 7) is 5.23. The molecular formula is C16H18Cl2HfSi. The zero-order valence-electron chi connectivity index (χ0n) is 11.7. The molecule has 0 nitrogen and oxygen atoms in total. The molecule has 0 amide bonds. The van der Waals surface area contributed by atoms with Crippen molar-refractivity contribution in [2.24, 2.45) is 0 Å². The Hall–Kier alpha value is 0.107. The van der Waals surface area contributed by atoms with E-state index in [0.717, 1.165) is 5.54 Å². The van der Waals surface area contributed by atoms with Crippen molar-refractivity contribution in [1.82, 2.24) is 0 Å². The van der Waals surface area contributed by atoms with Crippen molar-refractivity contribution >= 4 is 11.3 Å². The van der Waals surface area contributed by atoms with Gasteiger partial charge in [0.15, 0.2) is 0 Å². The molecule has 2 aliphatic rings. The van der Waals surface area contributed by atoms with Gasteiger partial charge >= 0.3 is 121 Å². The van der Waals surface area contributed by atoms with Crippen molar-refractivity contribution in [2.45, 2.75) is 25.1 Å². The third-order valence-electron chi connectivity index (χ3n) is 3.83. The first-order valence-corrected chi connectivity index (χ1v) is 16.8. The van der Waals surface area contributed by atoms with Crippen LogP contribution in [0.15, 0.2) is 51.9 Å².